The fourth-order valence-electron chi connectivity index (χ4n) is 1.80. The Hall–Kier alpha value is -2.18. The highest BCUT2D eigenvalue weighted by Crippen LogP contribution is 2.21. The molecule has 0 unspecified atom stereocenters. The molecule has 0 saturated heterocycles. The van der Waals surface area contributed by atoms with Gasteiger partial charge in [-0.2, -0.15) is 0 Å². The first-order valence-electron chi connectivity index (χ1n) is 6.69. The Labute approximate surface area is 146 Å². The van der Waals surface area contributed by atoms with E-state index in [-0.39, 0.29) is 12.1 Å². The van der Waals surface area contributed by atoms with E-state index in [1.54, 1.807) is 12.1 Å². The van der Waals surface area contributed by atoms with E-state index in [2.05, 4.69) is 5.32 Å². The topological polar surface area (TPSA) is 55.4 Å². The molecule has 1 amide bonds. The number of anilines is 1. The molecule has 0 heterocycles. The van der Waals surface area contributed by atoms with Gasteiger partial charge in [-0.3, -0.25) is 9.59 Å². The van der Waals surface area contributed by atoms with Crippen LogP contribution in [0.15, 0.2) is 36.4 Å². The van der Waals surface area contributed by atoms with Gasteiger partial charge in [0.05, 0.1) is 12.1 Å². The molecule has 0 aliphatic rings. The van der Waals surface area contributed by atoms with Crippen molar-refractivity contribution in [3.05, 3.63) is 63.6 Å². The standard InChI is InChI=1S/C16H11Cl2F2NO3/c17-10-2-1-9(12(18)6-10)5-16(23)24-8-15(22)21-14-7-11(19)3-4-13(14)20/h1-4,6-7H,5,8H2,(H,21,22). The van der Waals surface area contributed by atoms with Gasteiger partial charge in [0.1, 0.15) is 11.6 Å². The highest BCUT2D eigenvalue weighted by Gasteiger charge is 2.13. The van der Waals surface area contributed by atoms with E-state index in [1.807, 2.05) is 0 Å². The molecule has 0 radical (unpaired) electrons. The summed E-state index contributed by atoms with van der Waals surface area (Å²) >= 11 is 11.7. The summed E-state index contributed by atoms with van der Waals surface area (Å²) in [6.07, 6.45) is -0.155. The van der Waals surface area contributed by atoms with Crippen molar-refractivity contribution in [1.82, 2.24) is 0 Å². The van der Waals surface area contributed by atoms with Gasteiger partial charge in [-0.15, -0.1) is 0 Å². The van der Waals surface area contributed by atoms with E-state index in [0.717, 1.165) is 18.2 Å². The molecular formula is C16H11Cl2F2NO3. The average Bonchev–Trinajstić information content (AvgIpc) is 2.52. The Bertz CT molecular complexity index is 784. The molecule has 1 N–H and O–H groups in total. The second kappa shape index (κ2) is 8.08. The van der Waals surface area contributed by atoms with Crippen LogP contribution in [0.1, 0.15) is 5.56 Å². The highest BCUT2D eigenvalue weighted by atomic mass is 35.5. The monoisotopic (exact) mass is 373 g/mol. The first-order chi connectivity index (χ1) is 11.3. The van der Waals surface area contributed by atoms with Crippen LogP contribution >= 0.6 is 23.2 Å². The molecule has 126 valence electrons. The fraction of sp³-hybridized carbons (Fsp3) is 0.125. The Morgan fingerprint density at radius 2 is 1.83 bits per heavy atom. The molecule has 0 aliphatic heterocycles. The summed E-state index contributed by atoms with van der Waals surface area (Å²) in [4.78, 5) is 23.3. The molecule has 0 spiro atoms. The van der Waals surface area contributed by atoms with E-state index in [4.69, 9.17) is 27.9 Å². The first kappa shape index (κ1) is 18.2. The molecule has 0 bridgehead atoms. The lowest BCUT2D eigenvalue weighted by atomic mass is 10.1. The number of carbonyl (C=O) groups is 2. The van der Waals surface area contributed by atoms with Crippen LogP contribution in [0.4, 0.5) is 14.5 Å². The second-order valence-electron chi connectivity index (χ2n) is 4.75. The molecule has 0 fully saturated rings. The molecule has 24 heavy (non-hydrogen) atoms. The van der Waals surface area contributed by atoms with E-state index in [0.29, 0.717) is 15.6 Å². The van der Waals surface area contributed by atoms with Crippen LogP contribution in [0.3, 0.4) is 0 Å². The summed E-state index contributed by atoms with van der Waals surface area (Å²) in [6.45, 7) is -0.639. The lowest BCUT2D eigenvalue weighted by molar-refractivity contribution is -0.146. The number of hydrogen-bond donors (Lipinski definition) is 1. The number of amides is 1. The van der Waals surface area contributed by atoms with Crippen LogP contribution in [0.25, 0.3) is 0 Å². The summed E-state index contributed by atoms with van der Waals surface area (Å²) in [6, 6.07) is 7.22. The third-order valence-corrected chi connectivity index (χ3v) is 3.50. The molecule has 8 heteroatoms. The Morgan fingerprint density at radius 3 is 2.54 bits per heavy atom. The van der Waals surface area contributed by atoms with Crippen molar-refractivity contribution in [2.24, 2.45) is 0 Å². The van der Waals surface area contributed by atoms with E-state index in [1.165, 1.54) is 6.07 Å². The molecule has 0 aliphatic carbocycles. The summed E-state index contributed by atoms with van der Waals surface area (Å²) in [5, 5.41) is 2.84. The zero-order valence-electron chi connectivity index (χ0n) is 12.1. The number of benzene rings is 2. The van der Waals surface area contributed by atoms with Gasteiger partial charge in [0, 0.05) is 16.1 Å². The molecule has 2 aromatic carbocycles. The number of rotatable bonds is 5. The molecular weight excluding hydrogens is 363 g/mol. The van der Waals surface area contributed by atoms with Gasteiger partial charge < -0.3 is 10.1 Å². The van der Waals surface area contributed by atoms with Crippen molar-refractivity contribution in [1.29, 1.82) is 0 Å². The Morgan fingerprint density at radius 1 is 1.08 bits per heavy atom. The van der Waals surface area contributed by atoms with Crippen LogP contribution < -0.4 is 5.32 Å². The van der Waals surface area contributed by atoms with Crippen molar-refractivity contribution in [2.75, 3.05) is 11.9 Å². The van der Waals surface area contributed by atoms with Crippen LogP contribution in [0.2, 0.25) is 10.0 Å². The quantitative estimate of drug-likeness (QED) is 0.806. The average molecular weight is 374 g/mol. The van der Waals surface area contributed by atoms with Gasteiger partial charge >= 0.3 is 5.97 Å². The minimum absolute atomic E-state index is 0.155. The maximum absolute atomic E-state index is 13.4. The minimum Gasteiger partial charge on any atom is -0.455 e. The first-order valence-corrected chi connectivity index (χ1v) is 7.45. The summed E-state index contributed by atoms with van der Waals surface area (Å²) < 4.78 is 31.2. The summed E-state index contributed by atoms with van der Waals surface area (Å²) in [5.41, 5.74) is 0.152. The Kier molecular flexibility index (Phi) is 6.11. The normalized spacial score (nSPS) is 10.3. The highest BCUT2D eigenvalue weighted by molar-refractivity contribution is 6.35. The minimum atomic E-state index is -0.802. The van der Waals surface area contributed by atoms with Crippen molar-refractivity contribution < 1.29 is 23.1 Å². The predicted molar refractivity (Wildman–Crippen MR) is 86.1 cm³/mol. The van der Waals surface area contributed by atoms with Crippen LogP contribution in [-0.2, 0) is 20.7 Å². The van der Waals surface area contributed by atoms with Crippen molar-refractivity contribution in [3.8, 4) is 0 Å². The number of carbonyl (C=O) groups excluding carboxylic acids is 2. The molecule has 0 atom stereocenters. The number of nitrogens with one attached hydrogen (secondary N) is 1. The maximum Gasteiger partial charge on any atom is 0.310 e. The van der Waals surface area contributed by atoms with Crippen molar-refractivity contribution >= 4 is 40.8 Å². The number of esters is 1. The Balaban J connectivity index is 1.87. The lowest BCUT2D eigenvalue weighted by Crippen LogP contribution is -2.22. The van der Waals surface area contributed by atoms with Gasteiger partial charge in [-0.25, -0.2) is 8.78 Å². The molecule has 0 saturated carbocycles. The smallest absolute Gasteiger partial charge is 0.310 e. The lowest BCUT2D eigenvalue weighted by Gasteiger charge is -2.08. The van der Waals surface area contributed by atoms with E-state index >= 15 is 0 Å². The predicted octanol–water partition coefficient (Wildman–Crippen LogP) is 4.00. The van der Waals surface area contributed by atoms with Gasteiger partial charge in [-0.05, 0) is 29.8 Å². The molecule has 4 nitrogen and oxygen atoms in total. The molecule has 0 aromatic heterocycles. The fourth-order valence-corrected chi connectivity index (χ4v) is 2.27. The molecule has 2 rings (SSSR count). The summed E-state index contributed by atoms with van der Waals surface area (Å²) in [7, 11) is 0. The molecule has 2 aromatic rings. The summed E-state index contributed by atoms with van der Waals surface area (Å²) in [5.74, 6) is -3.01. The van der Waals surface area contributed by atoms with Gasteiger partial charge in [0.25, 0.3) is 5.91 Å². The second-order valence-corrected chi connectivity index (χ2v) is 5.59. The van der Waals surface area contributed by atoms with Crippen molar-refractivity contribution in [2.45, 2.75) is 6.42 Å². The van der Waals surface area contributed by atoms with Crippen LogP contribution in [0.5, 0.6) is 0 Å². The number of ether oxygens (including phenoxy) is 1. The van der Waals surface area contributed by atoms with E-state index in [9.17, 15) is 18.4 Å². The van der Waals surface area contributed by atoms with Gasteiger partial charge in [0.15, 0.2) is 6.61 Å². The van der Waals surface area contributed by atoms with Crippen molar-refractivity contribution in [3.63, 3.8) is 0 Å². The van der Waals surface area contributed by atoms with Gasteiger partial charge in [-0.1, -0.05) is 29.3 Å². The zero-order chi connectivity index (χ0) is 17.7. The zero-order valence-corrected chi connectivity index (χ0v) is 13.6. The van der Waals surface area contributed by atoms with Crippen LogP contribution in [-0.4, -0.2) is 18.5 Å². The third kappa shape index (κ3) is 5.18. The SMILES string of the molecule is O=C(COC(=O)Cc1ccc(Cl)cc1Cl)Nc1cc(F)ccc1F. The van der Waals surface area contributed by atoms with Crippen LogP contribution in [0, 0.1) is 11.6 Å². The van der Waals surface area contributed by atoms with E-state index < -0.39 is 30.1 Å². The number of hydrogen-bond acceptors (Lipinski definition) is 3. The number of halogens is 4. The largest absolute Gasteiger partial charge is 0.455 e. The van der Waals surface area contributed by atoms with Gasteiger partial charge in [0.2, 0.25) is 0 Å². The maximum atomic E-state index is 13.4. The third-order valence-electron chi connectivity index (χ3n) is 2.92.